The standard InChI is InChI=1S/C13H14N2O2/c14-13(17)6-3-7-15-8-10(9-16)11-4-1-2-5-12(11)15/h1-2,4-5,8-9H,3,6-7H2,(H2,14,17). The van der Waals surface area contributed by atoms with Crippen LogP contribution in [0.15, 0.2) is 30.5 Å². The lowest BCUT2D eigenvalue weighted by Crippen LogP contribution is -2.11. The molecule has 2 rings (SSSR count). The molecule has 0 aliphatic heterocycles. The molecule has 0 bridgehead atoms. The summed E-state index contributed by atoms with van der Waals surface area (Å²) in [6, 6.07) is 7.72. The number of fused-ring (bicyclic) bond motifs is 1. The Labute approximate surface area is 99.0 Å². The third-order valence-corrected chi connectivity index (χ3v) is 2.77. The molecule has 88 valence electrons. The van der Waals surface area contributed by atoms with Crippen LogP contribution in [0, 0.1) is 0 Å². The lowest BCUT2D eigenvalue weighted by atomic mass is 10.2. The first kappa shape index (κ1) is 11.4. The van der Waals surface area contributed by atoms with Gasteiger partial charge in [0.1, 0.15) is 0 Å². The molecule has 0 spiro atoms. The molecule has 0 saturated carbocycles. The molecule has 1 aromatic carbocycles. The summed E-state index contributed by atoms with van der Waals surface area (Å²) in [5, 5.41) is 0.946. The van der Waals surface area contributed by atoms with Gasteiger partial charge in [0.25, 0.3) is 0 Å². The number of hydrogen-bond donors (Lipinski definition) is 1. The van der Waals surface area contributed by atoms with Gasteiger partial charge in [-0.2, -0.15) is 0 Å². The fraction of sp³-hybridized carbons (Fsp3) is 0.231. The molecule has 2 N–H and O–H groups in total. The molecule has 0 aliphatic rings. The average Bonchev–Trinajstić information content (AvgIpc) is 2.68. The number of hydrogen-bond acceptors (Lipinski definition) is 2. The maximum Gasteiger partial charge on any atom is 0.217 e. The van der Waals surface area contributed by atoms with Crippen molar-refractivity contribution in [2.75, 3.05) is 0 Å². The van der Waals surface area contributed by atoms with Crippen molar-refractivity contribution in [2.45, 2.75) is 19.4 Å². The molecular formula is C13H14N2O2. The second-order valence-electron chi connectivity index (χ2n) is 3.98. The molecule has 1 aromatic heterocycles. The van der Waals surface area contributed by atoms with Crippen molar-refractivity contribution < 1.29 is 9.59 Å². The largest absolute Gasteiger partial charge is 0.370 e. The molecule has 17 heavy (non-hydrogen) atoms. The second-order valence-corrected chi connectivity index (χ2v) is 3.98. The zero-order valence-corrected chi connectivity index (χ0v) is 9.43. The number of nitrogens with two attached hydrogens (primary N) is 1. The highest BCUT2D eigenvalue weighted by Crippen LogP contribution is 2.20. The van der Waals surface area contributed by atoms with Crippen LogP contribution in [0.2, 0.25) is 0 Å². The SMILES string of the molecule is NC(=O)CCCn1cc(C=O)c2ccccc21. The molecule has 0 aliphatic carbocycles. The van der Waals surface area contributed by atoms with Crippen LogP contribution in [0.25, 0.3) is 10.9 Å². The van der Waals surface area contributed by atoms with Crippen LogP contribution in [0.5, 0.6) is 0 Å². The lowest BCUT2D eigenvalue weighted by Gasteiger charge is -2.03. The zero-order valence-electron chi connectivity index (χ0n) is 9.43. The summed E-state index contributed by atoms with van der Waals surface area (Å²) >= 11 is 0. The second kappa shape index (κ2) is 4.82. The van der Waals surface area contributed by atoms with Gasteiger partial charge in [-0.3, -0.25) is 9.59 Å². The van der Waals surface area contributed by atoms with Crippen LogP contribution >= 0.6 is 0 Å². The monoisotopic (exact) mass is 230 g/mol. The lowest BCUT2D eigenvalue weighted by molar-refractivity contribution is -0.118. The molecule has 1 amide bonds. The number of carbonyl (C=O) groups is 2. The van der Waals surface area contributed by atoms with Gasteiger partial charge in [-0.05, 0) is 12.5 Å². The topological polar surface area (TPSA) is 65.1 Å². The summed E-state index contributed by atoms with van der Waals surface area (Å²) in [6.07, 6.45) is 3.72. The molecular weight excluding hydrogens is 216 g/mol. The molecule has 0 radical (unpaired) electrons. The number of primary amides is 1. The van der Waals surface area contributed by atoms with Gasteiger partial charge < -0.3 is 10.3 Å². The Morgan fingerprint density at radius 3 is 2.82 bits per heavy atom. The van der Waals surface area contributed by atoms with E-state index >= 15 is 0 Å². The number of aromatic nitrogens is 1. The van der Waals surface area contributed by atoms with Crippen molar-refractivity contribution >= 4 is 23.1 Å². The van der Waals surface area contributed by atoms with Crippen LogP contribution in [-0.2, 0) is 11.3 Å². The Bertz CT molecular complexity index is 558. The fourth-order valence-corrected chi connectivity index (χ4v) is 1.98. The van der Waals surface area contributed by atoms with Gasteiger partial charge >= 0.3 is 0 Å². The van der Waals surface area contributed by atoms with Crippen molar-refractivity contribution in [3.8, 4) is 0 Å². The first-order chi connectivity index (χ1) is 8.22. The van der Waals surface area contributed by atoms with Gasteiger partial charge in [-0.15, -0.1) is 0 Å². The molecule has 0 unspecified atom stereocenters. The van der Waals surface area contributed by atoms with Gasteiger partial charge in [0.15, 0.2) is 6.29 Å². The average molecular weight is 230 g/mol. The van der Waals surface area contributed by atoms with E-state index in [0.29, 0.717) is 24.9 Å². The van der Waals surface area contributed by atoms with Crippen LogP contribution in [-0.4, -0.2) is 16.8 Å². The molecule has 1 heterocycles. The van der Waals surface area contributed by atoms with Crippen LogP contribution in [0.4, 0.5) is 0 Å². The Hall–Kier alpha value is -2.10. The number of rotatable bonds is 5. The molecule has 0 saturated heterocycles. The Morgan fingerprint density at radius 1 is 1.35 bits per heavy atom. The highest BCUT2D eigenvalue weighted by molar-refractivity contribution is 5.97. The minimum atomic E-state index is -0.294. The van der Waals surface area contributed by atoms with E-state index in [1.165, 1.54) is 0 Å². The number of nitrogens with zero attached hydrogens (tertiary/aromatic N) is 1. The van der Waals surface area contributed by atoms with Crippen molar-refractivity contribution in [1.82, 2.24) is 4.57 Å². The highest BCUT2D eigenvalue weighted by atomic mass is 16.1. The Balaban J connectivity index is 2.27. The summed E-state index contributed by atoms with van der Waals surface area (Å²) in [5.74, 6) is -0.294. The number of benzene rings is 1. The van der Waals surface area contributed by atoms with Gasteiger partial charge in [0.05, 0.1) is 0 Å². The number of aldehydes is 1. The normalized spacial score (nSPS) is 10.6. The summed E-state index contributed by atoms with van der Waals surface area (Å²) in [5.41, 5.74) is 6.79. The van der Waals surface area contributed by atoms with Gasteiger partial charge in [0, 0.05) is 35.6 Å². The van der Waals surface area contributed by atoms with Crippen molar-refractivity contribution in [2.24, 2.45) is 5.73 Å². The fourth-order valence-electron chi connectivity index (χ4n) is 1.98. The first-order valence-electron chi connectivity index (χ1n) is 5.53. The third-order valence-electron chi connectivity index (χ3n) is 2.77. The van der Waals surface area contributed by atoms with Gasteiger partial charge in [-0.25, -0.2) is 0 Å². The smallest absolute Gasteiger partial charge is 0.217 e. The van der Waals surface area contributed by atoms with E-state index in [1.54, 1.807) is 0 Å². The van der Waals surface area contributed by atoms with E-state index in [0.717, 1.165) is 17.2 Å². The molecule has 2 aromatic rings. The summed E-state index contributed by atoms with van der Waals surface area (Å²) in [7, 11) is 0. The number of amides is 1. The first-order valence-corrected chi connectivity index (χ1v) is 5.53. The van der Waals surface area contributed by atoms with E-state index in [2.05, 4.69) is 0 Å². The maximum atomic E-state index is 10.9. The number of carbonyl (C=O) groups excluding carboxylic acids is 2. The Kier molecular flexibility index (Phi) is 3.23. The van der Waals surface area contributed by atoms with E-state index in [1.807, 2.05) is 35.0 Å². The van der Waals surface area contributed by atoms with Crippen LogP contribution in [0.1, 0.15) is 23.2 Å². The van der Waals surface area contributed by atoms with E-state index in [9.17, 15) is 9.59 Å². The molecule has 4 nitrogen and oxygen atoms in total. The number of aryl methyl sites for hydroxylation is 1. The highest BCUT2D eigenvalue weighted by Gasteiger charge is 2.06. The van der Waals surface area contributed by atoms with E-state index < -0.39 is 0 Å². The predicted molar refractivity (Wildman–Crippen MR) is 65.8 cm³/mol. The quantitative estimate of drug-likeness (QED) is 0.795. The third kappa shape index (κ3) is 2.36. The van der Waals surface area contributed by atoms with E-state index in [-0.39, 0.29) is 5.91 Å². The molecule has 0 fully saturated rings. The Morgan fingerprint density at radius 2 is 2.12 bits per heavy atom. The van der Waals surface area contributed by atoms with Crippen molar-refractivity contribution in [3.05, 3.63) is 36.0 Å². The maximum absolute atomic E-state index is 10.9. The van der Waals surface area contributed by atoms with E-state index in [4.69, 9.17) is 5.73 Å². The molecule has 0 atom stereocenters. The minimum Gasteiger partial charge on any atom is -0.370 e. The predicted octanol–water partition coefficient (Wildman–Crippen LogP) is 1.72. The van der Waals surface area contributed by atoms with Gasteiger partial charge in [0.2, 0.25) is 5.91 Å². The summed E-state index contributed by atoms with van der Waals surface area (Å²) < 4.78 is 1.99. The van der Waals surface area contributed by atoms with Crippen LogP contribution in [0.3, 0.4) is 0 Å². The summed E-state index contributed by atoms with van der Waals surface area (Å²) in [6.45, 7) is 0.692. The zero-order chi connectivity index (χ0) is 12.3. The molecule has 4 heteroatoms. The van der Waals surface area contributed by atoms with Crippen molar-refractivity contribution in [1.29, 1.82) is 0 Å². The van der Waals surface area contributed by atoms with Crippen molar-refractivity contribution in [3.63, 3.8) is 0 Å². The minimum absolute atomic E-state index is 0.294. The van der Waals surface area contributed by atoms with Gasteiger partial charge in [-0.1, -0.05) is 18.2 Å². The van der Waals surface area contributed by atoms with Crippen LogP contribution < -0.4 is 5.73 Å². The summed E-state index contributed by atoms with van der Waals surface area (Å²) in [4.78, 5) is 21.6. The number of para-hydroxylation sites is 1.